The van der Waals surface area contributed by atoms with Gasteiger partial charge in [0.25, 0.3) is 0 Å². The van der Waals surface area contributed by atoms with Crippen LogP contribution < -0.4 is 5.32 Å². The van der Waals surface area contributed by atoms with Gasteiger partial charge in [-0.1, -0.05) is 71.7 Å². The monoisotopic (exact) mass is 460 g/mol. The Bertz CT molecular complexity index is 1040. The van der Waals surface area contributed by atoms with Crippen LogP contribution in [0.5, 0.6) is 0 Å². The quantitative estimate of drug-likeness (QED) is 0.449. The molecule has 4 rings (SSSR count). The fourth-order valence-electron chi connectivity index (χ4n) is 3.33. The smallest absolute Gasteiger partial charge is 0.223 e. The van der Waals surface area contributed by atoms with Gasteiger partial charge in [-0.3, -0.25) is 9.36 Å². The molecule has 2 aromatic carbocycles. The highest BCUT2D eigenvalue weighted by molar-refractivity contribution is 7.98. The van der Waals surface area contributed by atoms with Gasteiger partial charge in [-0.25, -0.2) is 0 Å². The zero-order chi connectivity index (χ0) is 21.1. The third kappa shape index (κ3) is 4.66. The van der Waals surface area contributed by atoms with Crippen molar-refractivity contribution in [3.8, 4) is 5.69 Å². The van der Waals surface area contributed by atoms with Crippen LogP contribution >= 0.6 is 35.0 Å². The second-order valence-electron chi connectivity index (χ2n) is 7.40. The van der Waals surface area contributed by atoms with Gasteiger partial charge in [-0.15, -0.1) is 10.2 Å². The number of amides is 1. The van der Waals surface area contributed by atoms with Gasteiger partial charge >= 0.3 is 0 Å². The number of carbonyl (C=O) groups is 1. The average molecular weight is 461 g/mol. The fraction of sp³-hybridized carbons (Fsp3) is 0.318. The van der Waals surface area contributed by atoms with E-state index in [4.69, 9.17) is 23.2 Å². The van der Waals surface area contributed by atoms with Crippen LogP contribution in [-0.2, 0) is 10.5 Å². The number of nitrogens with zero attached hydrogens (tertiary/aromatic N) is 3. The molecule has 0 bridgehead atoms. The van der Waals surface area contributed by atoms with Crippen LogP contribution in [0, 0.1) is 5.92 Å². The predicted octanol–water partition coefficient (Wildman–Crippen LogP) is 5.84. The molecule has 1 unspecified atom stereocenters. The van der Waals surface area contributed by atoms with Crippen LogP contribution in [0.1, 0.15) is 43.6 Å². The summed E-state index contributed by atoms with van der Waals surface area (Å²) >= 11 is 14.2. The molecule has 30 heavy (non-hydrogen) atoms. The van der Waals surface area contributed by atoms with E-state index in [1.807, 2.05) is 35.8 Å². The van der Waals surface area contributed by atoms with Crippen molar-refractivity contribution in [2.75, 3.05) is 0 Å². The summed E-state index contributed by atoms with van der Waals surface area (Å²) in [5, 5.41) is 13.7. The van der Waals surface area contributed by atoms with E-state index < -0.39 is 0 Å². The molecule has 1 atom stereocenters. The minimum atomic E-state index is -0.302. The van der Waals surface area contributed by atoms with Crippen molar-refractivity contribution in [2.24, 2.45) is 5.92 Å². The van der Waals surface area contributed by atoms with Crippen LogP contribution in [0.4, 0.5) is 0 Å². The van der Waals surface area contributed by atoms with Crippen molar-refractivity contribution in [3.05, 3.63) is 70.0 Å². The average Bonchev–Trinajstić information content (AvgIpc) is 3.09. The van der Waals surface area contributed by atoms with Gasteiger partial charge in [-0.05, 0) is 43.5 Å². The van der Waals surface area contributed by atoms with E-state index >= 15 is 0 Å². The highest BCUT2D eigenvalue weighted by Crippen LogP contribution is 2.33. The van der Waals surface area contributed by atoms with Gasteiger partial charge in [0, 0.05) is 16.7 Å². The lowest BCUT2D eigenvalue weighted by Crippen LogP contribution is -2.36. The van der Waals surface area contributed by atoms with E-state index in [0.717, 1.165) is 30.7 Å². The molecule has 0 saturated heterocycles. The molecule has 1 aliphatic carbocycles. The molecule has 0 spiro atoms. The Kier molecular flexibility index (Phi) is 6.66. The topological polar surface area (TPSA) is 59.8 Å². The maximum atomic E-state index is 12.5. The molecule has 0 radical (unpaired) electrons. The van der Waals surface area contributed by atoms with Crippen molar-refractivity contribution < 1.29 is 4.79 Å². The zero-order valence-corrected chi connectivity index (χ0v) is 18.8. The fourth-order valence-corrected chi connectivity index (χ4v) is 4.73. The summed E-state index contributed by atoms with van der Waals surface area (Å²) in [7, 11) is 0. The molecule has 1 fully saturated rings. The first-order valence-electron chi connectivity index (χ1n) is 9.91. The SMILES string of the molecule is CC(NC(=O)C1CCC1)c1nnc(SCc2ccccc2)n1-c1ccc(Cl)cc1Cl. The van der Waals surface area contributed by atoms with Crippen molar-refractivity contribution in [1.29, 1.82) is 0 Å². The Labute approximate surface area is 190 Å². The van der Waals surface area contributed by atoms with E-state index in [9.17, 15) is 4.79 Å². The van der Waals surface area contributed by atoms with Crippen molar-refractivity contribution >= 4 is 40.9 Å². The first kappa shape index (κ1) is 21.2. The minimum Gasteiger partial charge on any atom is -0.346 e. The summed E-state index contributed by atoms with van der Waals surface area (Å²) in [5.74, 6) is 1.56. The highest BCUT2D eigenvalue weighted by Gasteiger charge is 2.28. The molecule has 3 aromatic rings. The molecule has 1 N–H and O–H groups in total. The van der Waals surface area contributed by atoms with E-state index in [0.29, 0.717) is 21.0 Å². The second-order valence-corrected chi connectivity index (χ2v) is 9.19. The molecule has 1 saturated carbocycles. The molecule has 5 nitrogen and oxygen atoms in total. The number of thioether (sulfide) groups is 1. The lowest BCUT2D eigenvalue weighted by Gasteiger charge is -2.26. The normalized spacial score (nSPS) is 14.9. The number of aromatic nitrogens is 3. The summed E-state index contributed by atoms with van der Waals surface area (Å²) in [6.07, 6.45) is 3.02. The number of hydrogen-bond acceptors (Lipinski definition) is 4. The van der Waals surface area contributed by atoms with Gasteiger partial charge in [0.2, 0.25) is 5.91 Å². The molecular formula is C22H22Cl2N4OS. The Balaban J connectivity index is 1.65. The van der Waals surface area contributed by atoms with Gasteiger partial charge in [0.15, 0.2) is 11.0 Å². The van der Waals surface area contributed by atoms with Gasteiger partial charge in [0.1, 0.15) is 0 Å². The summed E-state index contributed by atoms with van der Waals surface area (Å²) in [4.78, 5) is 12.5. The van der Waals surface area contributed by atoms with Crippen LogP contribution in [0.3, 0.4) is 0 Å². The number of nitrogens with one attached hydrogen (secondary N) is 1. The largest absolute Gasteiger partial charge is 0.346 e. The number of halogens is 2. The van der Waals surface area contributed by atoms with Crippen molar-refractivity contribution in [3.63, 3.8) is 0 Å². The van der Waals surface area contributed by atoms with E-state index in [2.05, 4.69) is 27.6 Å². The number of benzene rings is 2. The number of hydrogen-bond donors (Lipinski definition) is 1. The predicted molar refractivity (Wildman–Crippen MR) is 121 cm³/mol. The standard InChI is InChI=1S/C22H22Cl2N4OS/c1-14(25-21(29)16-8-5-9-16)20-26-27-22(30-13-15-6-3-2-4-7-15)28(20)19-11-10-17(23)12-18(19)24/h2-4,6-7,10-12,14,16H,5,8-9,13H2,1H3,(H,25,29). The van der Waals surface area contributed by atoms with Crippen LogP contribution in [0.25, 0.3) is 5.69 Å². The highest BCUT2D eigenvalue weighted by atomic mass is 35.5. The summed E-state index contributed by atoms with van der Waals surface area (Å²) in [5.41, 5.74) is 1.92. The molecule has 0 aliphatic heterocycles. The number of carbonyl (C=O) groups excluding carboxylic acids is 1. The van der Waals surface area contributed by atoms with Crippen LogP contribution in [0.2, 0.25) is 10.0 Å². The van der Waals surface area contributed by atoms with E-state index in [1.165, 1.54) is 5.56 Å². The summed E-state index contributed by atoms with van der Waals surface area (Å²) in [6.45, 7) is 1.92. The molecule has 1 amide bonds. The maximum Gasteiger partial charge on any atom is 0.223 e. The Morgan fingerprint density at radius 2 is 1.97 bits per heavy atom. The third-order valence-corrected chi connectivity index (χ3v) is 6.78. The van der Waals surface area contributed by atoms with Crippen molar-refractivity contribution in [1.82, 2.24) is 20.1 Å². The summed E-state index contributed by atoms with van der Waals surface area (Å²) < 4.78 is 1.91. The van der Waals surface area contributed by atoms with E-state index in [-0.39, 0.29) is 17.9 Å². The van der Waals surface area contributed by atoms with Crippen LogP contribution in [0.15, 0.2) is 53.7 Å². The lowest BCUT2D eigenvalue weighted by molar-refractivity contribution is -0.128. The molecular weight excluding hydrogens is 439 g/mol. The lowest BCUT2D eigenvalue weighted by atomic mass is 9.84. The van der Waals surface area contributed by atoms with Gasteiger partial charge < -0.3 is 5.32 Å². The Morgan fingerprint density at radius 1 is 1.20 bits per heavy atom. The molecule has 1 heterocycles. The Morgan fingerprint density at radius 3 is 2.63 bits per heavy atom. The van der Waals surface area contributed by atoms with Gasteiger partial charge in [-0.2, -0.15) is 0 Å². The maximum absolute atomic E-state index is 12.5. The van der Waals surface area contributed by atoms with Gasteiger partial charge in [0.05, 0.1) is 16.8 Å². The summed E-state index contributed by atoms with van der Waals surface area (Å²) in [6, 6.07) is 15.2. The molecule has 156 valence electrons. The first-order chi connectivity index (χ1) is 14.5. The third-order valence-electron chi connectivity index (χ3n) is 5.24. The molecule has 1 aromatic heterocycles. The first-order valence-corrected chi connectivity index (χ1v) is 11.6. The van der Waals surface area contributed by atoms with Crippen LogP contribution in [-0.4, -0.2) is 20.7 Å². The van der Waals surface area contributed by atoms with Crippen molar-refractivity contribution in [2.45, 2.75) is 43.1 Å². The zero-order valence-electron chi connectivity index (χ0n) is 16.5. The van der Waals surface area contributed by atoms with E-state index in [1.54, 1.807) is 23.9 Å². The Hall–Kier alpha value is -2.02. The number of rotatable bonds is 7. The second kappa shape index (κ2) is 9.41. The molecule has 1 aliphatic rings. The molecule has 8 heteroatoms. The minimum absolute atomic E-state index is 0.0731.